The SMILES string of the molecule is CCNCc1ccc(CN(CCN(C)C)CC(C)C)o1. The van der Waals surface area contributed by atoms with Crippen molar-refractivity contribution in [3.8, 4) is 0 Å². The zero-order valence-corrected chi connectivity index (χ0v) is 13.8. The smallest absolute Gasteiger partial charge is 0.118 e. The normalized spacial score (nSPS) is 12.0. The van der Waals surface area contributed by atoms with E-state index in [-0.39, 0.29) is 0 Å². The number of nitrogens with one attached hydrogen (secondary N) is 1. The molecule has 1 rings (SSSR count). The Morgan fingerprint density at radius 1 is 1.15 bits per heavy atom. The minimum atomic E-state index is 0.674. The molecule has 0 saturated heterocycles. The lowest BCUT2D eigenvalue weighted by molar-refractivity contribution is 0.196. The largest absolute Gasteiger partial charge is 0.463 e. The molecule has 1 heterocycles. The van der Waals surface area contributed by atoms with Crippen molar-refractivity contribution in [2.45, 2.75) is 33.9 Å². The van der Waals surface area contributed by atoms with Crippen molar-refractivity contribution in [2.75, 3.05) is 40.3 Å². The Balaban J connectivity index is 2.52. The summed E-state index contributed by atoms with van der Waals surface area (Å²) in [7, 11) is 4.24. The third-order valence-electron chi connectivity index (χ3n) is 3.13. The van der Waals surface area contributed by atoms with E-state index < -0.39 is 0 Å². The molecule has 0 fully saturated rings. The first kappa shape index (κ1) is 17.2. The van der Waals surface area contributed by atoms with Gasteiger partial charge >= 0.3 is 0 Å². The minimum Gasteiger partial charge on any atom is -0.463 e. The molecule has 1 aromatic heterocycles. The van der Waals surface area contributed by atoms with Crippen LogP contribution < -0.4 is 5.32 Å². The van der Waals surface area contributed by atoms with Crippen LogP contribution in [-0.4, -0.2) is 50.1 Å². The van der Waals surface area contributed by atoms with Gasteiger partial charge < -0.3 is 14.6 Å². The van der Waals surface area contributed by atoms with Crippen molar-refractivity contribution in [1.82, 2.24) is 15.1 Å². The first-order chi connectivity index (χ1) is 9.51. The van der Waals surface area contributed by atoms with E-state index in [4.69, 9.17) is 4.42 Å². The van der Waals surface area contributed by atoms with Gasteiger partial charge in [-0.1, -0.05) is 20.8 Å². The van der Waals surface area contributed by atoms with Crippen molar-refractivity contribution in [1.29, 1.82) is 0 Å². The molecule has 1 aromatic rings. The molecular weight excluding hydrogens is 250 g/mol. The maximum Gasteiger partial charge on any atom is 0.118 e. The van der Waals surface area contributed by atoms with Crippen molar-refractivity contribution < 1.29 is 4.42 Å². The van der Waals surface area contributed by atoms with Crippen LogP contribution in [0.25, 0.3) is 0 Å². The summed E-state index contributed by atoms with van der Waals surface area (Å²) in [6, 6.07) is 4.19. The Hall–Kier alpha value is -0.840. The quantitative estimate of drug-likeness (QED) is 0.714. The molecule has 0 aliphatic heterocycles. The Morgan fingerprint density at radius 2 is 1.85 bits per heavy atom. The molecule has 20 heavy (non-hydrogen) atoms. The maximum atomic E-state index is 5.89. The highest BCUT2D eigenvalue weighted by Crippen LogP contribution is 2.12. The van der Waals surface area contributed by atoms with Gasteiger partial charge in [-0.3, -0.25) is 4.90 Å². The molecule has 0 saturated carbocycles. The molecule has 0 radical (unpaired) electrons. The number of likely N-dealkylation sites (N-methyl/N-ethyl adjacent to an activating group) is 1. The van der Waals surface area contributed by atoms with Gasteiger partial charge in [0.2, 0.25) is 0 Å². The topological polar surface area (TPSA) is 31.6 Å². The first-order valence-corrected chi connectivity index (χ1v) is 7.66. The van der Waals surface area contributed by atoms with E-state index in [9.17, 15) is 0 Å². The van der Waals surface area contributed by atoms with Crippen molar-refractivity contribution in [2.24, 2.45) is 5.92 Å². The Labute approximate surface area is 124 Å². The van der Waals surface area contributed by atoms with Crippen LogP contribution in [-0.2, 0) is 13.1 Å². The molecular formula is C16H31N3O. The van der Waals surface area contributed by atoms with Crippen LogP contribution >= 0.6 is 0 Å². The number of hydrogen-bond donors (Lipinski definition) is 1. The third kappa shape index (κ3) is 7.08. The van der Waals surface area contributed by atoms with Crippen LogP contribution in [0.15, 0.2) is 16.5 Å². The van der Waals surface area contributed by atoms with Crippen LogP contribution in [0.3, 0.4) is 0 Å². The summed E-state index contributed by atoms with van der Waals surface area (Å²) in [6.45, 7) is 12.6. The van der Waals surface area contributed by atoms with Gasteiger partial charge in [-0.25, -0.2) is 0 Å². The maximum absolute atomic E-state index is 5.89. The second kappa shape index (κ2) is 9.16. The van der Waals surface area contributed by atoms with Crippen LogP contribution in [0.4, 0.5) is 0 Å². The van der Waals surface area contributed by atoms with E-state index in [1.807, 2.05) is 0 Å². The molecule has 4 nitrogen and oxygen atoms in total. The van der Waals surface area contributed by atoms with E-state index in [0.29, 0.717) is 5.92 Å². The molecule has 0 bridgehead atoms. The van der Waals surface area contributed by atoms with Crippen molar-refractivity contribution in [3.63, 3.8) is 0 Å². The zero-order valence-electron chi connectivity index (χ0n) is 13.8. The number of rotatable bonds is 10. The molecule has 1 N–H and O–H groups in total. The van der Waals surface area contributed by atoms with Crippen LogP contribution in [0, 0.1) is 5.92 Å². The van der Waals surface area contributed by atoms with Gasteiger partial charge in [0.15, 0.2) is 0 Å². The van der Waals surface area contributed by atoms with E-state index in [1.54, 1.807) is 0 Å². The van der Waals surface area contributed by atoms with Gasteiger partial charge in [0.1, 0.15) is 11.5 Å². The molecule has 0 spiro atoms. The van der Waals surface area contributed by atoms with Crippen LogP contribution in [0.1, 0.15) is 32.3 Å². The highest BCUT2D eigenvalue weighted by Gasteiger charge is 2.11. The monoisotopic (exact) mass is 281 g/mol. The summed E-state index contributed by atoms with van der Waals surface area (Å²) in [6.07, 6.45) is 0. The van der Waals surface area contributed by atoms with Crippen molar-refractivity contribution >= 4 is 0 Å². The number of furan rings is 1. The predicted octanol–water partition coefficient (Wildman–Crippen LogP) is 2.41. The Kier molecular flexibility index (Phi) is 7.88. The van der Waals surface area contributed by atoms with Gasteiger partial charge in [0.25, 0.3) is 0 Å². The summed E-state index contributed by atoms with van der Waals surface area (Å²) < 4.78 is 5.89. The van der Waals surface area contributed by atoms with Gasteiger partial charge in [-0.05, 0) is 38.7 Å². The summed E-state index contributed by atoms with van der Waals surface area (Å²) in [4.78, 5) is 4.70. The first-order valence-electron chi connectivity index (χ1n) is 7.66. The molecule has 4 heteroatoms. The summed E-state index contributed by atoms with van der Waals surface area (Å²) in [5.41, 5.74) is 0. The molecule has 0 amide bonds. The number of hydrogen-bond acceptors (Lipinski definition) is 4. The fourth-order valence-electron chi connectivity index (χ4n) is 2.16. The second-order valence-electron chi connectivity index (χ2n) is 6.08. The lowest BCUT2D eigenvalue weighted by atomic mass is 10.2. The standard InChI is InChI=1S/C16H31N3O/c1-6-17-11-15-7-8-16(20-15)13-19(12-14(2)3)10-9-18(4)5/h7-8,14,17H,6,9-13H2,1-5H3. The predicted molar refractivity (Wildman–Crippen MR) is 84.8 cm³/mol. The second-order valence-corrected chi connectivity index (χ2v) is 6.08. The highest BCUT2D eigenvalue weighted by molar-refractivity contribution is 5.07. The van der Waals surface area contributed by atoms with Gasteiger partial charge in [0.05, 0.1) is 13.1 Å². The van der Waals surface area contributed by atoms with Gasteiger partial charge in [-0.15, -0.1) is 0 Å². The summed E-state index contributed by atoms with van der Waals surface area (Å²) in [5.74, 6) is 2.77. The lowest BCUT2D eigenvalue weighted by Crippen LogP contribution is -2.33. The van der Waals surface area contributed by atoms with Crippen molar-refractivity contribution in [3.05, 3.63) is 23.7 Å². The summed E-state index contributed by atoms with van der Waals surface area (Å²) in [5, 5.41) is 3.29. The molecule has 0 atom stereocenters. The highest BCUT2D eigenvalue weighted by atomic mass is 16.3. The number of nitrogens with zero attached hydrogens (tertiary/aromatic N) is 2. The van der Waals surface area contributed by atoms with E-state index in [1.165, 1.54) is 0 Å². The average molecular weight is 281 g/mol. The Bertz CT molecular complexity index is 360. The fourth-order valence-corrected chi connectivity index (χ4v) is 2.16. The molecule has 0 aliphatic carbocycles. The zero-order chi connectivity index (χ0) is 15.0. The van der Waals surface area contributed by atoms with E-state index in [0.717, 1.165) is 50.8 Å². The molecule has 116 valence electrons. The third-order valence-corrected chi connectivity index (χ3v) is 3.13. The van der Waals surface area contributed by atoms with Gasteiger partial charge in [0, 0.05) is 19.6 Å². The molecule has 0 unspecified atom stereocenters. The fraction of sp³-hybridized carbons (Fsp3) is 0.750. The Morgan fingerprint density at radius 3 is 2.45 bits per heavy atom. The average Bonchev–Trinajstić information content (AvgIpc) is 2.80. The van der Waals surface area contributed by atoms with Crippen LogP contribution in [0.2, 0.25) is 0 Å². The lowest BCUT2D eigenvalue weighted by Gasteiger charge is -2.24. The minimum absolute atomic E-state index is 0.674. The van der Waals surface area contributed by atoms with Gasteiger partial charge in [-0.2, -0.15) is 0 Å². The summed E-state index contributed by atoms with van der Waals surface area (Å²) >= 11 is 0. The molecule has 0 aliphatic rings. The molecule has 0 aromatic carbocycles. The van der Waals surface area contributed by atoms with Crippen LogP contribution in [0.5, 0.6) is 0 Å². The van der Waals surface area contributed by atoms with E-state index >= 15 is 0 Å². The van der Waals surface area contributed by atoms with E-state index in [2.05, 4.69) is 62.1 Å².